The largest absolute Gasteiger partial charge is 0.378 e. The Morgan fingerprint density at radius 2 is 1.78 bits per heavy atom. The molecule has 1 aromatic carbocycles. The van der Waals surface area contributed by atoms with E-state index in [9.17, 15) is 9.59 Å². The van der Waals surface area contributed by atoms with Gasteiger partial charge in [0.15, 0.2) is 11.4 Å². The van der Waals surface area contributed by atoms with Gasteiger partial charge in [0.25, 0.3) is 5.91 Å². The maximum absolute atomic E-state index is 13.0. The van der Waals surface area contributed by atoms with Gasteiger partial charge in [-0.25, -0.2) is 14.6 Å². The normalized spacial score (nSPS) is 17.7. The number of hydrogen-bond acceptors (Lipinski definition) is 7. The third kappa shape index (κ3) is 3.84. The summed E-state index contributed by atoms with van der Waals surface area (Å²) in [6.07, 6.45) is 5.05. The molecule has 2 aliphatic rings. The molecule has 2 fully saturated rings. The number of hydrogen-bond donors (Lipinski definition) is 0. The summed E-state index contributed by atoms with van der Waals surface area (Å²) in [7, 11) is 0. The Hall–Kier alpha value is -3.33. The number of ether oxygens (including phenoxy) is 1. The lowest BCUT2D eigenvalue weighted by Gasteiger charge is -2.32. The number of amides is 1. The lowest BCUT2D eigenvalue weighted by atomic mass is 10.0. The second-order valence-corrected chi connectivity index (χ2v) is 8.28. The van der Waals surface area contributed by atoms with Crippen molar-refractivity contribution >= 4 is 28.5 Å². The summed E-state index contributed by atoms with van der Waals surface area (Å²) in [5, 5.41) is 5.60. The first kappa shape index (κ1) is 20.6. The molecular weight excluding hydrogens is 408 g/mol. The van der Waals surface area contributed by atoms with E-state index in [-0.39, 0.29) is 17.7 Å². The zero-order valence-electron chi connectivity index (χ0n) is 18.1. The number of ketones is 1. The average Bonchev–Trinajstić information content (AvgIpc) is 3.28. The lowest BCUT2D eigenvalue weighted by molar-refractivity contribution is 0.0691. The summed E-state index contributed by atoms with van der Waals surface area (Å²) in [4.78, 5) is 37.7. The molecule has 166 valence electrons. The Morgan fingerprint density at radius 3 is 2.53 bits per heavy atom. The van der Waals surface area contributed by atoms with Crippen LogP contribution in [0.15, 0.2) is 36.8 Å². The molecule has 9 heteroatoms. The first-order chi connectivity index (χ1) is 15.6. The summed E-state index contributed by atoms with van der Waals surface area (Å²) in [6.45, 7) is 5.79. The van der Waals surface area contributed by atoms with Crippen LogP contribution in [0.25, 0.3) is 11.0 Å². The number of benzene rings is 1. The Morgan fingerprint density at radius 1 is 1.03 bits per heavy atom. The molecule has 2 saturated heterocycles. The zero-order chi connectivity index (χ0) is 22.1. The Labute approximate surface area is 186 Å². The minimum absolute atomic E-state index is 0.0335. The van der Waals surface area contributed by atoms with E-state index in [1.165, 1.54) is 6.92 Å². The molecule has 0 aliphatic carbocycles. The summed E-state index contributed by atoms with van der Waals surface area (Å²) in [5.41, 5.74) is 1.95. The number of carbonyl (C=O) groups excluding carboxylic acids is 2. The van der Waals surface area contributed by atoms with Gasteiger partial charge in [0.1, 0.15) is 12.1 Å². The van der Waals surface area contributed by atoms with E-state index >= 15 is 0 Å². The first-order valence-electron chi connectivity index (χ1n) is 11.0. The molecule has 3 aromatic rings. The van der Waals surface area contributed by atoms with Crippen LogP contribution in [0.4, 0.5) is 5.82 Å². The van der Waals surface area contributed by atoms with Crippen LogP contribution < -0.4 is 4.90 Å². The molecule has 0 N–H and O–H groups in total. The summed E-state index contributed by atoms with van der Waals surface area (Å²) >= 11 is 0. The monoisotopic (exact) mass is 434 g/mol. The highest BCUT2D eigenvalue weighted by Gasteiger charge is 2.27. The first-order valence-corrected chi connectivity index (χ1v) is 11.0. The van der Waals surface area contributed by atoms with Crippen molar-refractivity contribution in [3.05, 3.63) is 47.9 Å². The fraction of sp³-hybridized carbons (Fsp3) is 0.435. The van der Waals surface area contributed by atoms with Crippen LogP contribution in [0.2, 0.25) is 0 Å². The average molecular weight is 435 g/mol. The maximum Gasteiger partial charge on any atom is 0.253 e. The molecule has 1 amide bonds. The van der Waals surface area contributed by atoms with Crippen molar-refractivity contribution in [2.75, 3.05) is 44.3 Å². The van der Waals surface area contributed by atoms with Gasteiger partial charge in [-0.3, -0.25) is 9.59 Å². The highest BCUT2D eigenvalue weighted by atomic mass is 16.5. The van der Waals surface area contributed by atoms with Crippen LogP contribution in [0, 0.1) is 0 Å². The number of anilines is 1. The highest BCUT2D eigenvalue weighted by molar-refractivity contribution is 5.99. The van der Waals surface area contributed by atoms with E-state index in [1.807, 2.05) is 15.8 Å². The number of piperidine rings is 1. The number of carbonyl (C=O) groups is 2. The molecule has 0 radical (unpaired) electrons. The smallest absolute Gasteiger partial charge is 0.253 e. The van der Waals surface area contributed by atoms with Crippen molar-refractivity contribution in [3.63, 3.8) is 0 Å². The van der Waals surface area contributed by atoms with Crippen molar-refractivity contribution in [2.45, 2.75) is 25.8 Å². The Bertz CT molecular complexity index is 1150. The fourth-order valence-electron chi connectivity index (χ4n) is 4.51. The highest BCUT2D eigenvalue weighted by Crippen LogP contribution is 2.29. The second-order valence-electron chi connectivity index (χ2n) is 8.28. The van der Waals surface area contributed by atoms with Gasteiger partial charge >= 0.3 is 0 Å². The minimum Gasteiger partial charge on any atom is -0.378 e. The standard InChI is InChI=1S/C23H26N6O3/c1-16(30)17-3-2-4-18(13-17)23(31)28-7-5-19(6-8-28)29-22-20(14-26-29)21(24-15-25-22)27-9-11-32-12-10-27/h2-4,13-15,19H,5-12H2,1H3. The van der Waals surface area contributed by atoms with Crippen LogP contribution >= 0.6 is 0 Å². The van der Waals surface area contributed by atoms with Gasteiger partial charge in [-0.2, -0.15) is 5.10 Å². The van der Waals surface area contributed by atoms with E-state index in [0.717, 1.165) is 42.8 Å². The fourth-order valence-corrected chi connectivity index (χ4v) is 4.51. The molecule has 0 atom stereocenters. The predicted octanol–water partition coefficient (Wildman–Crippen LogP) is 2.34. The SMILES string of the molecule is CC(=O)c1cccc(C(=O)N2CCC(n3ncc4c(N5CCOCC5)ncnc43)CC2)c1. The van der Waals surface area contributed by atoms with Gasteiger partial charge in [0.2, 0.25) is 0 Å². The van der Waals surface area contributed by atoms with Crippen LogP contribution in [-0.4, -0.2) is 75.7 Å². The third-order valence-electron chi connectivity index (χ3n) is 6.29. The number of nitrogens with zero attached hydrogens (tertiary/aromatic N) is 6. The molecule has 0 bridgehead atoms. The molecule has 32 heavy (non-hydrogen) atoms. The molecular formula is C23H26N6O3. The van der Waals surface area contributed by atoms with Gasteiger partial charge < -0.3 is 14.5 Å². The van der Waals surface area contributed by atoms with Crippen LogP contribution in [0.1, 0.15) is 46.5 Å². The van der Waals surface area contributed by atoms with Crippen molar-refractivity contribution in [2.24, 2.45) is 0 Å². The van der Waals surface area contributed by atoms with Crippen LogP contribution in [0.5, 0.6) is 0 Å². The van der Waals surface area contributed by atoms with Gasteiger partial charge in [0.05, 0.1) is 30.8 Å². The molecule has 2 aromatic heterocycles. The molecule has 2 aliphatic heterocycles. The number of likely N-dealkylation sites (tertiary alicyclic amines) is 1. The summed E-state index contributed by atoms with van der Waals surface area (Å²) in [5.74, 6) is 0.832. The Kier molecular flexibility index (Phi) is 5.57. The van der Waals surface area contributed by atoms with Crippen LogP contribution in [0.3, 0.4) is 0 Å². The third-order valence-corrected chi connectivity index (χ3v) is 6.29. The number of aromatic nitrogens is 4. The lowest BCUT2D eigenvalue weighted by Crippen LogP contribution is -2.39. The molecule has 4 heterocycles. The van der Waals surface area contributed by atoms with Crippen molar-refractivity contribution < 1.29 is 14.3 Å². The maximum atomic E-state index is 13.0. The molecule has 0 saturated carbocycles. The van der Waals surface area contributed by atoms with Gasteiger partial charge in [-0.1, -0.05) is 12.1 Å². The molecule has 9 nitrogen and oxygen atoms in total. The predicted molar refractivity (Wildman–Crippen MR) is 119 cm³/mol. The van der Waals surface area contributed by atoms with Crippen LogP contribution in [-0.2, 0) is 4.74 Å². The number of morpholine rings is 1. The molecule has 0 spiro atoms. The number of fused-ring (bicyclic) bond motifs is 1. The second kappa shape index (κ2) is 8.66. The number of rotatable bonds is 4. The topological polar surface area (TPSA) is 93.5 Å². The summed E-state index contributed by atoms with van der Waals surface area (Å²) < 4.78 is 7.44. The molecule has 5 rings (SSSR count). The van der Waals surface area contributed by atoms with E-state index < -0.39 is 0 Å². The quantitative estimate of drug-likeness (QED) is 0.582. The number of Topliss-reactive ketones (excluding diaryl/α,β-unsaturated/α-hetero) is 1. The zero-order valence-corrected chi connectivity index (χ0v) is 18.1. The van der Waals surface area contributed by atoms with Crippen molar-refractivity contribution in [3.8, 4) is 0 Å². The molecule has 0 unspecified atom stereocenters. The minimum atomic E-state index is -0.0395. The van der Waals surface area contributed by atoms with Gasteiger partial charge in [-0.15, -0.1) is 0 Å². The van der Waals surface area contributed by atoms with E-state index in [4.69, 9.17) is 4.74 Å². The Balaban J connectivity index is 1.31. The van der Waals surface area contributed by atoms with Gasteiger partial charge in [0, 0.05) is 37.3 Å². The van der Waals surface area contributed by atoms with Crippen molar-refractivity contribution in [1.82, 2.24) is 24.6 Å². The van der Waals surface area contributed by atoms with E-state index in [0.29, 0.717) is 37.4 Å². The van der Waals surface area contributed by atoms with E-state index in [1.54, 1.807) is 30.6 Å². The van der Waals surface area contributed by atoms with Gasteiger partial charge in [-0.05, 0) is 31.9 Å². The summed E-state index contributed by atoms with van der Waals surface area (Å²) in [6, 6.07) is 7.13. The van der Waals surface area contributed by atoms with E-state index in [2.05, 4.69) is 20.0 Å². The van der Waals surface area contributed by atoms with Crippen molar-refractivity contribution in [1.29, 1.82) is 0 Å².